The van der Waals surface area contributed by atoms with Gasteiger partial charge in [-0.05, 0) is 30.1 Å². The minimum absolute atomic E-state index is 0.160. The van der Waals surface area contributed by atoms with Crippen LogP contribution in [0.2, 0.25) is 0 Å². The van der Waals surface area contributed by atoms with Crippen molar-refractivity contribution in [3.05, 3.63) is 0 Å². The lowest BCUT2D eigenvalue weighted by Crippen LogP contribution is -2.54. The van der Waals surface area contributed by atoms with Crippen molar-refractivity contribution >= 4 is 11.8 Å². The molecule has 0 aromatic heterocycles. The second kappa shape index (κ2) is 16.6. The van der Waals surface area contributed by atoms with Gasteiger partial charge in [0.25, 0.3) is 0 Å². The van der Waals surface area contributed by atoms with E-state index in [-0.39, 0.29) is 5.41 Å². The number of rotatable bonds is 21. The maximum atomic E-state index is 12.4. The fourth-order valence-electron chi connectivity index (χ4n) is 5.45. The minimum Gasteiger partial charge on any atom is -0.369 e. The Labute approximate surface area is 193 Å². The number of hydrogen-bond donors (Lipinski definition) is 2. The third-order valence-corrected chi connectivity index (χ3v) is 7.58. The summed E-state index contributed by atoms with van der Waals surface area (Å²) in [6, 6.07) is 0. The van der Waals surface area contributed by atoms with Gasteiger partial charge in [-0.3, -0.25) is 9.59 Å². The molecule has 0 atom stereocenters. The molecule has 0 saturated heterocycles. The number of carbonyl (C=O) groups excluding carboxylic acids is 2. The predicted molar refractivity (Wildman–Crippen MR) is 134 cm³/mol. The van der Waals surface area contributed by atoms with Crippen LogP contribution < -0.4 is 11.5 Å². The third kappa shape index (κ3) is 10.4. The van der Waals surface area contributed by atoms with Crippen molar-refractivity contribution in [2.75, 3.05) is 0 Å². The Balaban J connectivity index is 5.06. The molecule has 4 N–H and O–H groups in total. The van der Waals surface area contributed by atoms with Gasteiger partial charge in [-0.25, -0.2) is 0 Å². The molecule has 0 aliphatic rings. The van der Waals surface area contributed by atoms with E-state index in [1.54, 1.807) is 0 Å². The van der Waals surface area contributed by atoms with Gasteiger partial charge in [0.2, 0.25) is 11.8 Å². The van der Waals surface area contributed by atoms with Crippen molar-refractivity contribution in [1.29, 1.82) is 0 Å². The standard InChI is InChI=1S/C27H54N2O2/c1-6-9-12-13-14-15-16-17-18-19-20-26(4,5)27(21-10-7-2,22-11-8-3)23(24(28)30)25(29)31/h23H,6-22H2,1-5H3,(H2,28,30)(H2,29,31). The number of hydrogen-bond acceptors (Lipinski definition) is 2. The molecule has 0 aromatic rings. The van der Waals surface area contributed by atoms with Crippen molar-refractivity contribution in [3.8, 4) is 0 Å². The highest BCUT2D eigenvalue weighted by Gasteiger charge is 2.53. The van der Waals surface area contributed by atoms with E-state index in [0.29, 0.717) is 0 Å². The smallest absolute Gasteiger partial charge is 0.230 e. The van der Waals surface area contributed by atoms with Crippen LogP contribution in [0.4, 0.5) is 0 Å². The fourth-order valence-corrected chi connectivity index (χ4v) is 5.45. The maximum absolute atomic E-state index is 12.4. The second-order valence-corrected chi connectivity index (χ2v) is 10.4. The maximum Gasteiger partial charge on any atom is 0.230 e. The first-order valence-corrected chi connectivity index (χ1v) is 13.3. The zero-order valence-corrected chi connectivity index (χ0v) is 21.6. The highest BCUT2D eigenvalue weighted by atomic mass is 16.2. The Hall–Kier alpha value is -1.06. The normalized spacial score (nSPS) is 12.5. The van der Waals surface area contributed by atoms with Crippen LogP contribution in [-0.2, 0) is 9.59 Å². The lowest BCUT2D eigenvalue weighted by atomic mass is 9.52. The highest BCUT2D eigenvalue weighted by Crippen LogP contribution is 2.55. The van der Waals surface area contributed by atoms with Gasteiger partial charge >= 0.3 is 0 Å². The van der Waals surface area contributed by atoms with Crippen LogP contribution in [0.3, 0.4) is 0 Å². The predicted octanol–water partition coefficient (Wildman–Crippen LogP) is 7.28. The number of carbonyl (C=O) groups is 2. The van der Waals surface area contributed by atoms with E-state index in [1.165, 1.54) is 57.8 Å². The zero-order valence-electron chi connectivity index (χ0n) is 21.6. The van der Waals surface area contributed by atoms with Crippen molar-refractivity contribution in [2.45, 2.75) is 144 Å². The van der Waals surface area contributed by atoms with Crippen LogP contribution in [0.15, 0.2) is 0 Å². The van der Waals surface area contributed by atoms with Crippen LogP contribution in [0.25, 0.3) is 0 Å². The van der Waals surface area contributed by atoms with Gasteiger partial charge < -0.3 is 11.5 Å². The molecule has 0 saturated carbocycles. The molecule has 4 nitrogen and oxygen atoms in total. The van der Waals surface area contributed by atoms with Gasteiger partial charge in [-0.2, -0.15) is 0 Å². The summed E-state index contributed by atoms with van der Waals surface area (Å²) in [6.07, 6.45) is 19.8. The number of primary amides is 2. The topological polar surface area (TPSA) is 86.2 Å². The lowest BCUT2D eigenvalue weighted by Gasteiger charge is -2.51. The molecule has 0 aliphatic heterocycles. The van der Waals surface area contributed by atoms with Crippen molar-refractivity contribution in [1.82, 2.24) is 0 Å². The molecule has 0 aliphatic carbocycles. The van der Waals surface area contributed by atoms with Gasteiger partial charge in [0.05, 0.1) is 0 Å². The molecule has 0 bridgehead atoms. The van der Waals surface area contributed by atoms with E-state index in [1.807, 2.05) is 0 Å². The summed E-state index contributed by atoms with van der Waals surface area (Å²) in [6.45, 7) is 11.1. The molecule has 0 aromatic carbocycles. The van der Waals surface area contributed by atoms with Crippen LogP contribution in [-0.4, -0.2) is 11.8 Å². The Morgan fingerprint density at radius 3 is 1.29 bits per heavy atom. The van der Waals surface area contributed by atoms with E-state index in [4.69, 9.17) is 11.5 Å². The van der Waals surface area contributed by atoms with E-state index in [0.717, 1.165) is 51.4 Å². The summed E-state index contributed by atoms with van der Waals surface area (Å²) < 4.78 is 0. The Bertz CT molecular complexity index is 466. The van der Waals surface area contributed by atoms with Crippen LogP contribution in [0, 0.1) is 16.7 Å². The van der Waals surface area contributed by atoms with Gasteiger partial charge in [0.1, 0.15) is 5.92 Å². The van der Waals surface area contributed by atoms with Gasteiger partial charge in [-0.15, -0.1) is 0 Å². The van der Waals surface area contributed by atoms with Crippen molar-refractivity contribution in [3.63, 3.8) is 0 Å². The summed E-state index contributed by atoms with van der Waals surface area (Å²) in [7, 11) is 0. The second-order valence-electron chi connectivity index (χ2n) is 10.4. The van der Waals surface area contributed by atoms with E-state index < -0.39 is 23.1 Å². The van der Waals surface area contributed by atoms with E-state index in [2.05, 4.69) is 34.6 Å². The quantitative estimate of drug-likeness (QED) is 0.146. The SMILES string of the molecule is CCCCCCCCCCCCC(C)(C)C(CCCC)(CCCC)C(C(N)=O)C(N)=O. The molecule has 2 amide bonds. The number of nitrogens with two attached hydrogens (primary N) is 2. The van der Waals surface area contributed by atoms with Crippen LogP contribution in [0.5, 0.6) is 0 Å². The Morgan fingerprint density at radius 2 is 0.935 bits per heavy atom. The molecular weight excluding hydrogens is 384 g/mol. The van der Waals surface area contributed by atoms with Crippen molar-refractivity contribution < 1.29 is 9.59 Å². The monoisotopic (exact) mass is 438 g/mol. The first-order valence-electron chi connectivity index (χ1n) is 13.3. The molecule has 0 rings (SSSR count). The molecule has 0 unspecified atom stereocenters. The number of amides is 2. The molecule has 0 fully saturated rings. The van der Waals surface area contributed by atoms with Gasteiger partial charge in [0.15, 0.2) is 0 Å². The Kier molecular flexibility index (Phi) is 16.0. The van der Waals surface area contributed by atoms with Crippen LogP contribution >= 0.6 is 0 Å². The van der Waals surface area contributed by atoms with E-state index in [9.17, 15) is 9.59 Å². The summed E-state index contributed by atoms with van der Waals surface area (Å²) in [5.74, 6) is -1.98. The summed E-state index contributed by atoms with van der Waals surface area (Å²) in [5.41, 5.74) is 10.9. The summed E-state index contributed by atoms with van der Waals surface area (Å²) in [4.78, 5) is 24.8. The molecule has 31 heavy (non-hydrogen) atoms. The first kappa shape index (κ1) is 29.9. The lowest BCUT2D eigenvalue weighted by molar-refractivity contribution is -0.145. The van der Waals surface area contributed by atoms with Crippen molar-refractivity contribution in [2.24, 2.45) is 28.2 Å². The summed E-state index contributed by atoms with van der Waals surface area (Å²) in [5, 5.41) is 0. The molecule has 0 radical (unpaired) electrons. The zero-order chi connectivity index (χ0) is 23.8. The van der Waals surface area contributed by atoms with Gasteiger partial charge in [0, 0.05) is 0 Å². The molecule has 0 heterocycles. The Morgan fingerprint density at radius 1 is 0.581 bits per heavy atom. The van der Waals surface area contributed by atoms with Gasteiger partial charge in [-0.1, -0.05) is 125 Å². The minimum atomic E-state index is -0.885. The summed E-state index contributed by atoms with van der Waals surface area (Å²) >= 11 is 0. The number of unbranched alkanes of at least 4 members (excludes halogenated alkanes) is 11. The fraction of sp³-hybridized carbons (Fsp3) is 0.926. The molecule has 184 valence electrons. The average Bonchev–Trinajstić information content (AvgIpc) is 2.70. The van der Waals surface area contributed by atoms with Crippen LogP contribution in [0.1, 0.15) is 144 Å². The van der Waals surface area contributed by atoms with E-state index >= 15 is 0 Å². The molecule has 0 spiro atoms. The average molecular weight is 439 g/mol. The third-order valence-electron chi connectivity index (χ3n) is 7.58. The molecular formula is C27H54N2O2. The first-order chi connectivity index (χ1) is 14.7. The molecule has 4 heteroatoms. The largest absolute Gasteiger partial charge is 0.369 e. The highest BCUT2D eigenvalue weighted by molar-refractivity contribution is 5.99.